The molecule has 1 aromatic heterocycles. The Balaban J connectivity index is 1.63. The summed E-state index contributed by atoms with van der Waals surface area (Å²) in [5.74, 6) is 0. The predicted molar refractivity (Wildman–Crippen MR) is 90.9 cm³/mol. The van der Waals surface area contributed by atoms with Crippen LogP contribution in [0.3, 0.4) is 0 Å². The first kappa shape index (κ1) is 13.1. The molecule has 1 aliphatic carbocycles. The highest BCUT2D eigenvalue weighted by molar-refractivity contribution is 7.17. The van der Waals surface area contributed by atoms with E-state index in [9.17, 15) is 0 Å². The molecular weight excluding hydrogens is 274 g/mol. The zero-order chi connectivity index (χ0) is 14.3. The maximum atomic E-state index is 6.63. The molecule has 1 atom stereocenters. The molecule has 1 heterocycles. The van der Waals surface area contributed by atoms with Crippen molar-refractivity contribution in [2.45, 2.75) is 30.7 Å². The fourth-order valence-electron chi connectivity index (χ4n) is 3.40. The van der Waals surface area contributed by atoms with E-state index in [0.29, 0.717) is 0 Å². The summed E-state index contributed by atoms with van der Waals surface area (Å²) < 4.78 is 1.37. The lowest BCUT2D eigenvalue weighted by atomic mass is 9.85. The van der Waals surface area contributed by atoms with Gasteiger partial charge < -0.3 is 5.73 Å². The van der Waals surface area contributed by atoms with Gasteiger partial charge in [0.2, 0.25) is 0 Å². The molecule has 1 nitrogen and oxygen atoms in total. The Morgan fingerprint density at radius 1 is 1.00 bits per heavy atom. The molecule has 1 aliphatic rings. The van der Waals surface area contributed by atoms with Gasteiger partial charge in [-0.25, -0.2) is 0 Å². The highest BCUT2D eigenvalue weighted by atomic mass is 32.1. The molecule has 1 fully saturated rings. The topological polar surface area (TPSA) is 26.0 Å². The van der Waals surface area contributed by atoms with Crippen molar-refractivity contribution in [3.05, 3.63) is 71.1 Å². The Morgan fingerprint density at radius 2 is 1.71 bits per heavy atom. The lowest BCUT2D eigenvalue weighted by Gasteiger charge is -2.24. The molecule has 2 heteroatoms. The van der Waals surface area contributed by atoms with Crippen LogP contribution in [0.5, 0.6) is 0 Å². The summed E-state index contributed by atoms with van der Waals surface area (Å²) in [5, 5.41) is 3.66. The third-order valence-corrected chi connectivity index (χ3v) is 5.86. The molecule has 0 aliphatic heterocycles. The lowest BCUT2D eigenvalue weighted by Crippen LogP contribution is -2.36. The Labute approximate surface area is 129 Å². The first-order valence-corrected chi connectivity index (χ1v) is 8.44. The SMILES string of the molecule is NC(Cc1csc2ccccc12)C1(c2ccccc2)CC1. The average molecular weight is 293 g/mol. The summed E-state index contributed by atoms with van der Waals surface area (Å²) in [6, 6.07) is 19.6. The number of benzene rings is 2. The van der Waals surface area contributed by atoms with Crippen LogP contribution < -0.4 is 5.73 Å². The van der Waals surface area contributed by atoms with E-state index in [1.54, 1.807) is 0 Å². The highest BCUT2D eigenvalue weighted by Crippen LogP contribution is 2.51. The second kappa shape index (κ2) is 4.97. The van der Waals surface area contributed by atoms with E-state index < -0.39 is 0 Å². The summed E-state index contributed by atoms with van der Waals surface area (Å²) >= 11 is 1.83. The maximum absolute atomic E-state index is 6.63. The largest absolute Gasteiger partial charge is 0.327 e. The molecule has 1 saturated carbocycles. The van der Waals surface area contributed by atoms with Gasteiger partial charge in [-0.15, -0.1) is 11.3 Å². The Morgan fingerprint density at radius 3 is 2.48 bits per heavy atom. The van der Waals surface area contributed by atoms with Crippen LogP contribution in [0.15, 0.2) is 60.0 Å². The van der Waals surface area contributed by atoms with Gasteiger partial charge in [0.05, 0.1) is 0 Å². The average Bonchev–Trinajstić information content (AvgIpc) is 3.26. The molecule has 106 valence electrons. The molecule has 0 saturated heterocycles. The van der Waals surface area contributed by atoms with Gasteiger partial charge in [-0.2, -0.15) is 0 Å². The van der Waals surface area contributed by atoms with Crippen LogP contribution in [0.1, 0.15) is 24.0 Å². The molecule has 0 amide bonds. The summed E-state index contributed by atoms with van der Waals surface area (Å²) in [5.41, 5.74) is 9.67. The third kappa shape index (κ3) is 2.19. The number of thiophene rings is 1. The zero-order valence-electron chi connectivity index (χ0n) is 12.0. The minimum atomic E-state index is 0.206. The molecule has 0 radical (unpaired) electrons. The normalized spacial score (nSPS) is 17.8. The fraction of sp³-hybridized carbons (Fsp3) is 0.263. The van der Waals surface area contributed by atoms with Crippen molar-refractivity contribution >= 4 is 21.4 Å². The van der Waals surface area contributed by atoms with Gasteiger partial charge in [-0.1, -0.05) is 48.5 Å². The lowest BCUT2D eigenvalue weighted by molar-refractivity contribution is 0.516. The van der Waals surface area contributed by atoms with E-state index in [0.717, 1.165) is 6.42 Å². The predicted octanol–water partition coefficient (Wildman–Crippen LogP) is 4.50. The second-order valence-electron chi connectivity index (χ2n) is 6.09. The number of hydrogen-bond donors (Lipinski definition) is 1. The highest BCUT2D eigenvalue weighted by Gasteiger charge is 2.48. The van der Waals surface area contributed by atoms with Gasteiger partial charge in [0.25, 0.3) is 0 Å². The van der Waals surface area contributed by atoms with Crippen LogP contribution >= 0.6 is 11.3 Å². The van der Waals surface area contributed by atoms with Gasteiger partial charge in [0.15, 0.2) is 0 Å². The van der Waals surface area contributed by atoms with Gasteiger partial charge in [-0.3, -0.25) is 0 Å². The molecule has 4 rings (SSSR count). The zero-order valence-corrected chi connectivity index (χ0v) is 12.8. The summed E-state index contributed by atoms with van der Waals surface area (Å²) in [6.45, 7) is 0. The Hall–Kier alpha value is -1.64. The van der Waals surface area contributed by atoms with Crippen molar-refractivity contribution in [3.8, 4) is 0 Å². The molecule has 0 spiro atoms. The quantitative estimate of drug-likeness (QED) is 0.753. The molecule has 0 bridgehead atoms. The monoisotopic (exact) mass is 293 g/mol. The molecule has 2 N–H and O–H groups in total. The second-order valence-corrected chi connectivity index (χ2v) is 7.00. The van der Waals surface area contributed by atoms with Crippen LogP contribution in [-0.4, -0.2) is 6.04 Å². The van der Waals surface area contributed by atoms with Crippen molar-refractivity contribution in [3.63, 3.8) is 0 Å². The minimum absolute atomic E-state index is 0.206. The fourth-order valence-corrected chi connectivity index (χ4v) is 4.38. The Kier molecular flexibility index (Phi) is 3.09. The Bertz CT molecular complexity index is 755. The van der Waals surface area contributed by atoms with Crippen molar-refractivity contribution in [1.82, 2.24) is 0 Å². The first-order valence-electron chi connectivity index (χ1n) is 7.56. The van der Waals surface area contributed by atoms with Crippen LogP contribution in [0.25, 0.3) is 10.1 Å². The standard InChI is InChI=1S/C19H19NS/c20-18(19(10-11-19)15-6-2-1-3-7-15)12-14-13-21-17-9-5-4-8-16(14)17/h1-9,13,18H,10-12,20H2. The van der Waals surface area contributed by atoms with Crippen molar-refractivity contribution in [2.24, 2.45) is 5.73 Å². The summed E-state index contributed by atoms with van der Waals surface area (Å²) in [6.07, 6.45) is 3.42. The van der Waals surface area contributed by atoms with Gasteiger partial charge in [0, 0.05) is 16.2 Å². The molecule has 1 unspecified atom stereocenters. The number of rotatable bonds is 4. The van der Waals surface area contributed by atoms with E-state index in [1.807, 2.05) is 11.3 Å². The first-order chi connectivity index (χ1) is 10.3. The van der Waals surface area contributed by atoms with Crippen molar-refractivity contribution < 1.29 is 0 Å². The van der Waals surface area contributed by atoms with E-state index >= 15 is 0 Å². The van der Waals surface area contributed by atoms with Crippen LogP contribution in [0.2, 0.25) is 0 Å². The molecule has 21 heavy (non-hydrogen) atoms. The van der Waals surface area contributed by atoms with Crippen LogP contribution in [-0.2, 0) is 11.8 Å². The molecule has 3 aromatic rings. The van der Waals surface area contributed by atoms with Gasteiger partial charge >= 0.3 is 0 Å². The summed E-state index contributed by atoms with van der Waals surface area (Å²) in [7, 11) is 0. The number of fused-ring (bicyclic) bond motifs is 1. The van der Waals surface area contributed by atoms with E-state index in [2.05, 4.69) is 60.0 Å². The number of hydrogen-bond acceptors (Lipinski definition) is 2. The van der Waals surface area contributed by atoms with Crippen molar-refractivity contribution in [1.29, 1.82) is 0 Å². The van der Waals surface area contributed by atoms with Crippen LogP contribution in [0, 0.1) is 0 Å². The van der Waals surface area contributed by atoms with Gasteiger partial charge in [0.1, 0.15) is 0 Å². The molecule has 2 aromatic carbocycles. The van der Waals surface area contributed by atoms with E-state index in [1.165, 1.54) is 34.1 Å². The molecular formula is C19H19NS. The van der Waals surface area contributed by atoms with Gasteiger partial charge in [-0.05, 0) is 47.2 Å². The van der Waals surface area contributed by atoms with Crippen LogP contribution in [0.4, 0.5) is 0 Å². The minimum Gasteiger partial charge on any atom is -0.327 e. The third-order valence-electron chi connectivity index (χ3n) is 4.85. The maximum Gasteiger partial charge on any atom is 0.0345 e. The van der Waals surface area contributed by atoms with E-state index in [-0.39, 0.29) is 11.5 Å². The smallest absolute Gasteiger partial charge is 0.0345 e. The summed E-state index contributed by atoms with van der Waals surface area (Å²) in [4.78, 5) is 0. The van der Waals surface area contributed by atoms with E-state index in [4.69, 9.17) is 5.73 Å². The number of nitrogens with two attached hydrogens (primary N) is 1. The van der Waals surface area contributed by atoms with Crippen molar-refractivity contribution in [2.75, 3.05) is 0 Å².